The van der Waals surface area contributed by atoms with E-state index in [1.54, 1.807) is 24.3 Å². The first-order valence-corrected chi connectivity index (χ1v) is 8.84. The molecule has 1 aromatic heterocycles. The number of aromatic nitrogens is 2. The van der Waals surface area contributed by atoms with Crippen molar-refractivity contribution < 1.29 is 18.7 Å². The number of fused-ring (bicyclic) bond motifs is 1. The maximum atomic E-state index is 13.1. The Labute approximate surface area is 161 Å². The van der Waals surface area contributed by atoms with E-state index >= 15 is 0 Å². The molecule has 0 spiro atoms. The number of aryl methyl sites for hydroxylation is 2. The molecule has 0 saturated carbocycles. The van der Waals surface area contributed by atoms with Crippen molar-refractivity contribution in [3.63, 3.8) is 0 Å². The molecule has 1 heterocycles. The first kappa shape index (κ1) is 19.3. The number of ether oxygens (including phenoxy) is 1. The largest absolute Gasteiger partial charge is 0.495 e. The van der Waals surface area contributed by atoms with Gasteiger partial charge in [0.15, 0.2) is 0 Å². The second-order valence-electron chi connectivity index (χ2n) is 6.34. The van der Waals surface area contributed by atoms with E-state index in [4.69, 9.17) is 10.5 Å². The van der Waals surface area contributed by atoms with Gasteiger partial charge in [0.05, 0.1) is 23.6 Å². The number of primary amides is 1. The number of nitrogens with two attached hydrogens (primary N) is 1. The fourth-order valence-corrected chi connectivity index (χ4v) is 3.03. The highest BCUT2D eigenvalue weighted by Gasteiger charge is 2.19. The monoisotopic (exact) mass is 384 g/mol. The number of hydrogen-bond donors (Lipinski definition) is 3. The van der Waals surface area contributed by atoms with Crippen LogP contribution in [0.3, 0.4) is 0 Å². The number of rotatable bonds is 8. The summed E-state index contributed by atoms with van der Waals surface area (Å²) in [7, 11) is 1.49. The molecule has 0 radical (unpaired) electrons. The zero-order valence-corrected chi connectivity index (χ0v) is 15.4. The van der Waals surface area contributed by atoms with E-state index in [1.165, 1.54) is 19.2 Å². The Hall–Kier alpha value is -3.42. The second kappa shape index (κ2) is 8.51. The SMILES string of the molecule is COc1c(C(=O)NCCC(N)=O)ccc2n[nH]c(CCc3ccc(F)cc3)c12. The van der Waals surface area contributed by atoms with Crippen molar-refractivity contribution in [3.8, 4) is 5.75 Å². The van der Waals surface area contributed by atoms with Gasteiger partial charge < -0.3 is 15.8 Å². The van der Waals surface area contributed by atoms with Crippen LogP contribution in [-0.2, 0) is 17.6 Å². The molecule has 0 atom stereocenters. The van der Waals surface area contributed by atoms with Crippen LogP contribution in [0, 0.1) is 5.82 Å². The molecule has 2 aromatic carbocycles. The van der Waals surface area contributed by atoms with Crippen LogP contribution in [0.2, 0.25) is 0 Å². The predicted molar refractivity (Wildman–Crippen MR) is 103 cm³/mol. The van der Waals surface area contributed by atoms with Crippen molar-refractivity contribution in [1.82, 2.24) is 15.5 Å². The maximum absolute atomic E-state index is 13.1. The first-order chi connectivity index (χ1) is 13.5. The van der Waals surface area contributed by atoms with Gasteiger partial charge in [-0.25, -0.2) is 4.39 Å². The average molecular weight is 384 g/mol. The highest BCUT2D eigenvalue weighted by Crippen LogP contribution is 2.32. The van der Waals surface area contributed by atoms with Gasteiger partial charge in [-0.05, 0) is 42.7 Å². The number of carbonyl (C=O) groups excluding carboxylic acids is 2. The zero-order valence-electron chi connectivity index (χ0n) is 15.4. The fraction of sp³-hybridized carbons (Fsp3) is 0.250. The Bertz CT molecular complexity index is 999. The number of carbonyl (C=O) groups is 2. The number of hydrogen-bond acceptors (Lipinski definition) is 4. The van der Waals surface area contributed by atoms with E-state index < -0.39 is 5.91 Å². The Morgan fingerprint density at radius 3 is 2.61 bits per heavy atom. The van der Waals surface area contributed by atoms with Gasteiger partial charge in [-0.2, -0.15) is 5.10 Å². The number of amides is 2. The van der Waals surface area contributed by atoms with Crippen molar-refractivity contribution in [1.29, 1.82) is 0 Å². The van der Waals surface area contributed by atoms with Gasteiger partial charge in [-0.3, -0.25) is 14.7 Å². The highest BCUT2D eigenvalue weighted by molar-refractivity contribution is 6.03. The summed E-state index contributed by atoms with van der Waals surface area (Å²) in [6.45, 7) is 0.151. The van der Waals surface area contributed by atoms with Crippen LogP contribution in [0.25, 0.3) is 10.9 Å². The van der Waals surface area contributed by atoms with E-state index in [9.17, 15) is 14.0 Å². The smallest absolute Gasteiger partial charge is 0.255 e. The minimum absolute atomic E-state index is 0.0604. The molecule has 0 unspecified atom stereocenters. The molecule has 0 aliphatic heterocycles. The Morgan fingerprint density at radius 1 is 1.18 bits per heavy atom. The molecule has 28 heavy (non-hydrogen) atoms. The molecule has 7 nitrogen and oxygen atoms in total. The average Bonchev–Trinajstić information content (AvgIpc) is 3.09. The van der Waals surface area contributed by atoms with E-state index in [0.29, 0.717) is 29.7 Å². The van der Waals surface area contributed by atoms with Crippen LogP contribution in [0.4, 0.5) is 4.39 Å². The van der Waals surface area contributed by atoms with Crippen molar-refractivity contribution in [2.24, 2.45) is 5.73 Å². The van der Waals surface area contributed by atoms with Crippen molar-refractivity contribution >= 4 is 22.7 Å². The number of benzene rings is 2. The van der Waals surface area contributed by atoms with Gasteiger partial charge in [0.1, 0.15) is 11.6 Å². The molecule has 146 valence electrons. The van der Waals surface area contributed by atoms with E-state index in [2.05, 4.69) is 15.5 Å². The fourth-order valence-electron chi connectivity index (χ4n) is 3.03. The lowest BCUT2D eigenvalue weighted by Gasteiger charge is -2.11. The minimum Gasteiger partial charge on any atom is -0.495 e. The molecule has 0 aliphatic rings. The van der Waals surface area contributed by atoms with Crippen LogP contribution >= 0.6 is 0 Å². The van der Waals surface area contributed by atoms with Gasteiger partial charge >= 0.3 is 0 Å². The third kappa shape index (κ3) is 4.28. The zero-order chi connectivity index (χ0) is 20.1. The van der Waals surface area contributed by atoms with Gasteiger partial charge in [0.25, 0.3) is 5.91 Å². The second-order valence-corrected chi connectivity index (χ2v) is 6.34. The summed E-state index contributed by atoms with van der Waals surface area (Å²) in [5, 5.41) is 10.7. The lowest BCUT2D eigenvalue weighted by atomic mass is 10.0. The Balaban J connectivity index is 1.85. The van der Waals surface area contributed by atoms with E-state index in [0.717, 1.165) is 16.6 Å². The van der Waals surface area contributed by atoms with Crippen LogP contribution in [0.5, 0.6) is 5.75 Å². The van der Waals surface area contributed by atoms with Crippen molar-refractivity contribution in [2.75, 3.05) is 13.7 Å². The standard InChI is InChI=1S/C20H21FN4O3/c1-28-19-14(20(27)23-11-10-17(22)26)7-9-16-18(19)15(24-25-16)8-4-12-2-5-13(21)6-3-12/h2-3,5-7,9H,4,8,10-11H2,1H3,(H2,22,26)(H,23,27)(H,24,25). The summed E-state index contributed by atoms with van der Waals surface area (Å²) < 4.78 is 18.6. The van der Waals surface area contributed by atoms with Crippen LogP contribution < -0.4 is 15.8 Å². The number of nitrogens with zero attached hydrogens (tertiary/aromatic N) is 1. The lowest BCUT2D eigenvalue weighted by molar-refractivity contribution is -0.117. The van der Waals surface area contributed by atoms with Crippen LogP contribution in [-0.4, -0.2) is 35.7 Å². The van der Waals surface area contributed by atoms with Gasteiger partial charge in [-0.1, -0.05) is 12.1 Å². The number of aromatic amines is 1. The summed E-state index contributed by atoms with van der Waals surface area (Å²) >= 11 is 0. The van der Waals surface area contributed by atoms with Gasteiger partial charge in [0.2, 0.25) is 5.91 Å². The van der Waals surface area contributed by atoms with Gasteiger partial charge in [0, 0.05) is 18.7 Å². The van der Waals surface area contributed by atoms with Crippen LogP contribution in [0.15, 0.2) is 36.4 Å². The Morgan fingerprint density at radius 2 is 1.93 bits per heavy atom. The summed E-state index contributed by atoms with van der Waals surface area (Å²) in [5.41, 5.74) is 7.94. The molecule has 0 fully saturated rings. The molecule has 0 aliphatic carbocycles. The van der Waals surface area contributed by atoms with Crippen molar-refractivity contribution in [2.45, 2.75) is 19.3 Å². The highest BCUT2D eigenvalue weighted by atomic mass is 19.1. The molecule has 4 N–H and O–H groups in total. The first-order valence-electron chi connectivity index (χ1n) is 8.84. The predicted octanol–water partition coefficient (Wildman–Crippen LogP) is 2.10. The maximum Gasteiger partial charge on any atom is 0.255 e. The summed E-state index contributed by atoms with van der Waals surface area (Å²) in [4.78, 5) is 23.3. The topological polar surface area (TPSA) is 110 Å². The molecule has 0 saturated heterocycles. The number of methoxy groups -OCH3 is 1. The van der Waals surface area contributed by atoms with E-state index in [-0.39, 0.29) is 24.7 Å². The summed E-state index contributed by atoms with van der Waals surface area (Å²) in [6, 6.07) is 9.70. The number of H-pyrrole nitrogens is 1. The molecule has 8 heteroatoms. The third-order valence-corrected chi connectivity index (χ3v) is 4.43. The molecular weight excluding hydrogens is 363 g/mol. The van der Waals surface area contributed by atoms with Crippen LogP contribution in [0.1, 0.15) is 28.0 Å². The quantitative estimate of drug-likeness (QED) is 0.552. The molecule has 3 aromatic rings. The molecular formula is C20H21FN4O3. The summed E-state index contributed by atoms with van der Waals surface area (Å²) in [5.74, 6) is -0.701. The molecule has 3 rings (SSSR count). The summed E-state index contributed by atoms with van der Waals surface area (Å²) in [6.07, 6.45) is 1.35. The lowest BCUT2D eigenvalue weighted by Crippen LogP contribution is -2.28. The normalized spacial score (nSPS) is 10.8. The number of halogens is 1. The molecule has 0 bridgehead atoms. The minimum atomic E-state index is -0.486. The van der Waals surface area contributed by atoms with E-state index in [1.807, 2.05) is 0 Å². The molecule has 2 amide bonds. The van der Waals surface area contributed by atoms with Crippen molar-refractivity contribution in [3.05, 3.63) is 59.0 Å². The number of nitrogens with one attached hydrogen (secondary N) is 2. The Kier molecular flexibility index (Phi) is 5.88. The third-order valence-electron chi connectivity index (χ3n) is 4.43. The van der Waals surface area contributed by atoms with Gasteiger partial charge in [-0.15, -0.1) is 0 Å².